The molecule has 0 radical (unpaired) electrons. The van der Waals surface area contributed by atoms with E-state index in [4.69, 9.17) is 25.2 Å². The van der Waals surface area contributed by atoms with Crippen LogP contribution in [-0.4, -0.2) is 79.6 Å². The third-order valence-electron chi connectivity index (χ3n) is 5.13. The first-order valence-electron chi connectivity index (χ1n) is 10.4. The number of para-hydroxylation sites is 1. The Morgan fingerprint density at radius 3 is 2.88 bits per heavy atom. The van der Waals surface area contributed by atoms with Gasteiger partial charge in [0, 0.05) is 11.8 Å². The zero-order chi connectivity index (χ0) is 22.7. The number of hydrogen-bond donors (Lipinski definition) is 2. The SMILES string of the molecule is COc1cccc2c1N=C(NC(=O)c1ccc(N)nc1)N1CC(OCCCN(C)C)N=C21. The molecular formula is C22H27N7O3. The maximum atomic E-state index is 12.8. The summed E-state index contributed by atoms with van der Waals surface area (Å²) in [4.78, 5) is 30.3. The van der Waals surface area contributed by atoms with Crippen molar-refractivity contribution in [2.24, 2.45) is 9.98 Å². The van der Waals surface area contributed by atoms with Crippen molar-refractivity contribution in [3.05, 3.63) is 47.7 Å². The van der Waals surface area contributed by atoms with Crippen molar-refractivity contribution >= 4 is 29.2 Å². The summed E-state index contributed by atoms with van der Waals surface area (Å²) in [6.07, 6.45) is 1.98. The Bertz CT molecular complexity index is 1050. The zero-order valence-electron chi connectivity index (χ0n) is 18.4. The van der Waals surface area contributed by atoms with E-state index < -0.39 is 0 Å². The molecule has 2 aliphatic rings. The highest BCUT2D eigenvalue weighted by Crippen LogP contribution is 2.37. The molecule has 1 aromatic carbocycles. The van der Waals surface area contributed by atoms with E-state index in [1.165, 1.54) is 6.20 Å². The van der Waals surface area contributed by atoms with Crippen molar-refractivity contribution in [1.29, 1.82) is 0 Å². The third-order valence-corrected chi connectivity index (χ3v) is 5.13. The van der Waals surface area contributed by atoms with Gasteiger partial charge < -0.3 is 20.1 Å². The standard InChI is InChI=1S/C22H27N7O3/c1-28(2)10-5-11-32-18-13-29-20(25-18)15-6-4-7-16(31-3)19(15)26-22(29)27-21(30)14-8-9-17(23)24-12-14/h4,6-9,12,18H,5,10-11,13H2,1-3H3,(H2,23,24)(H,26,27,30). The van der Waals surface area contributed by atoms with E-state index in [2.05, 4.69) is 15.2 Å². The number of aliphatic imine (C=N–C) groups is 2. The lowest BCUT2D eigenvalue weighted by Gasteiger charge is -2.28. The van der Waals surface area contributed by atoms with Gasteiger partial charge in [-0.3, -0.25) is 15.0 Å². The van der Waals surface area contributed by atoms with E-state index in [0.717, 1.165) is 18.5 Å². The molecule has 0 bridgehead atoms. The van der Waals surface area contributed by atoms with Crippen molar-refractivity contribution in [3.8, 4) is 5.75 Å². The fourth-order valence-electron chi connectivity index (χ4n) is 3.54. The van der Waals surface area contributed by atoms with E-state index in [1.807, 2.05) is 37.2 Å². The number of nitrogens with zero attached hydrogens (tertiary/aromatic N) is 5. The number of rotatable bonds is 7. The van der Waals surface area contributed by atoms with Gasteiger partial charge in [0.15, 0.2) is 6.23 Å². The number of pyridine rings is 1. The average Bonchev–Trinajstić information content (AvgIpc) is 3.21. The molecule has 0 spiro atoms. The molecule has 3 heterocycles. The lowest BCUT2D eigenvalue weighted by atomic mass is 10.1. The van der Waals surface area contributed by atoms with Gasteiger partial charge in [0.05, 0.1) is 25.8 Å². The number of ether oxygens (including phenoxy) is 2. The molecule has 1 atom stereocenters. The fourth-order valence-corrected chi connectivity index (χ4v) is 3.54. The van der Waals surface area contributed by atoms with Gasteiger partial charge in [0.2, 0.25) is 5.96 Å². The van der Waals surface area contributed by atoms with Crippen LogP contribution in [0, 0.1) is 0 Å². The molecule has 0 aliphatic carbocycles. The largest absolute Gasteiger partial charge is 0.494 e. The molecule has 3 N–H and O–H groups in total. The number of carbonyl (C=O) groups excluding carboxylic acids is 1. The third kappa shape index (κ3) is 4.56. The minimum atomic E-state index is -0.357. The minimum absolute atomic E-state index is 0.343. The van der Waals surface area contributed by atoms with Gasteiger partial charge >= 0.3 is 0 Å². The summed E-state index contributed by atoms with van der Waals surface area (Å²) in [6.45, 7) is 1.98. The monoisotopic (exact) mass is 437 g/mol. The quantitative estimate of drug-likeness (QED) is 0.630. The summed E-state index contributed by atoms with van der Waals surface area (Å²) in [5, 5.41) is 2.88. The van der Waals surface area contributed by atoms with Crippen LogP contribution in [0.2, 0.25) is 0 Å². The number of nitrogens with one attached hydrogen (secondary N) is 1. The average molecular weight is 438 g/mol. The molecule has 4 rings (SSSR count). The molecule has 1 amide bonds. The second-order valence-corrected chi connectivity index (χ2v) is 7.76. The first kappa shape index (κ1) is 21.7. The summed E-state index contributed by atoms with van der Waals surface area (Å²) < 4.78 is 11.5. The molecular weight excluding hydrogens is 410 g/mol. The summed E-state index contributed by atoms with van der Waals surface area (Å²) in [7, 11) is 5.65. The number of amidine groups is 1. The van der Waals surface area contributed by atoms with Crippen LogP contribution < -0.4 is 15.8 Å². The van der Waals surface area contributed by atoms with Crippen LogP contribution in [0.4, 0.5) is 11.5 Å². The first-order valence-corrected chi connectivity index (χ1v) is 10.4. The van der Waals surface area contributed by atoms with Gasteiger partial charge in [-0.05, 0) is 51.3 Å². The van der Waals surface area contributed by atoms with Crippen molar-refractivity contribution in [2.45, 2.75) is 12.6 Å². The molecule has 0 fully saturated rings. The van der Waals surface area contributed by atoms with Crippen molar-refractivity contribution in [1.82, 2.24) is 20.1 Å². The molecule has 0 saturated heterocycles. The Kier molecular flexibility index (Phi) is 6.33. The molecule has 10 heteroatoms. The highest BCUT2D eigenvalue weighted by atomic mass is 16.5. The van der Waals surface area contributed by atoms with Crippen LogP contribution in [-0.2, 0) is 4.74 Å². The molecule has 168 valence electrons. The molecule has 32 heavy (non-hydrogen) atoms. The van der Waals surface area contributed by atoms with Gasteiger partial charge in [0.25, 0.3) is 5.91 Å². The number of anilines is 1. The topological polar surface area (TPSA) is 118 Å². The molecule has 10 nitrogen and oxygen atoms in total. The Balaban J connectivity index is 1.59. The summed E-state index contributed by atoms with van der Waals surface area (Å²) in [5.74, 6) is 1.66. The number of amides is 1. The number of benzene rings is 1. The highest BCUT2D eigenvalue weighted by Gasteiger charge is 2.36. The Morgan fingerprint density at radius 1 is 1.31 bits per heavy atom. The van der Waals surface area contributed by atoms with Crippen LogP contribution in [0.3, 0.4) is 0 Å². The zero-order valence-corrected chi connectivity index (χ0v) is 18.4. The number of methoxy groups -OCH3 is 1. The van der Waals surface area contributed by atoms with Crippen LogP contribution >= 0.6 is 0 Å². The number of nitrogen functional groups attached to an aromatic ring is 1. The number of carbonyl (C=O) groups is 1. The van der Waals surface area contributed by atoms with Crippen molar-refractivity contribution in [2.75, 3.05) is 46.6 Å². The molecule has 0 saturated carbocycles. The summed E-state index contributed by atoms with van der Waals surface area (Å²) in [6, 6.07) is 8.85. The Morgan fingerprint density at radius 2 is 2.16 bits per heavy atom. The minimum Gasteiger partial charge on any atom is -0.494 e. The van der Waals surface area contributed by atoms with Crippen molar-refractivity contribution in [3.63, 3.8) is 0 Å². The number of fused-ring (bicyclic) bond motifs is 3. The predicted octanol–water partition coefficient (Wildman–Crippen LogP) is 1.46. The molecule has 2 aliphatic heterocycles. The molecule has 2 aromatic rings. The maximum absolute atomic E-state index is 12.8. The predicted molar refractivity (Wildman–Crippen MR) is 122 cm³/mol. The van der Waals surface area contributed by atoms with E-state index in [-0.39, 0.29) is 12.1 Å². The van der Waals surface area contributed by atoms with Gasteiger partial charge in [-0.15, -0.1) is 0 Å². The Labute approximate surface area is 186 Å². The van der Waals surface area contributed by atoms with Crippen LogP contribution in [0.5, 0.6) is 5.75 Å². The Hall–Kier alpha value is -3.50. The maximum Gasteiger partial charge on any atom is 0.259 e. The second kappa shape index (κ2) is 9.33. The normalized spacial score (nSPS) is 16.9. The van der Waals surface area contributed by atoms with Gasteiger partial charge in [-0.1, -0.05) is 6.07 Å². The van der Waals surface area contributed by atoms with Crippen LogP contribution in [0.25, 0.3) is 0 Å². The van der Waals surface area contributed by atoms with Crippen molar-refractivity contribution < 1.29 is 14.3 Å². The van der Waals surface area contributed by atoms with E-state index in [9.17, 15) is 4.79 Å². The van der Waals surface area contributed by atoms with E-state index in [0.29, 0.717) is 47.8 Å². The van der Waals surface area contributed by atoms with E-state index >= 15 is 0 Å². The van der Waals surface area contributed by atoms with Gasteiger partial charge in [0.1, 0.15) is 23.1 Å². The lowest BCUT2D eigenvalue weighted by Crippen LogP contribution is -2.48. The van der Waals surface area contributed by atoms with Crippen LogP contribution in [0.15, 0.2) is 46.5 Å². The molecule has 1 unspecified atom stereocenters. The number of guanidine groups is 1. The molecule has 1 aromatic heterocycles. The summed E-state index contributed by atoms with van der Waals surface area (Å²) in [5.41, 5.74) is 7.45. The number of aromatic nitrogens is 1. The number of nitrogens with two attached hydrogens (primary N) is 1. The summed E-state index contributed by atoms with van der Waals surface area (Å²) >= 11 is 0. The number of hydrogen-bond acceptors (Lipinski definition) is 9. The second-order valence-electron chi connectivity index (χ2n) is 7.76. The first-order chi connectivity index (χ1) is 15.5. The van der Waals surface area contributed by atoms with E-state index in [1.54, 1.807) is 19.2 Å². The van der Waals surface area contributed by atoms with Gasteiger partial charge in [-0.2, -0.15) is 0 Å². The van der Waals surface area contributed by atoms with Gasteiger partial charge in [-0.25, -0.2) is 15.0 Å². The smallest absolute Gasteiger partial charge is 0.259 e. The van der Waals surface area contributed by atoms with Crippen LogP contribution in [0.1, 0.15) is 22.3 Å². The lowest BCUT2D eigenvalue weighted by molar-refractivity contribution is 0.0567. The highest BCUT2D eigenvalue weighted by molar-refractivity contribution is 6.19. The fraction of sp³-hybridized carbons (Fsp3) is 0.364.